The highest BCUT2D eigenvalue weighted by molar-refractivity contribution is 7.89. The number of hydrogen-bond acceptors (Lipinski definition) is 3. The Morgan fingerprint density at radius 2 is 1.86 bits per heavy atom. The van der Waals surface area contributed by atoms with Gasteiger partial charge in [0.1, 0.15) is 5.75 Å². The molecule has 0 aliphatic carbocycles. The minimum absolute atomic E-state index is 0.129. The van der Waals surface area contributed by atoms with E-state index in [4.69, 9.17) is 4.74 Å². The van der Waals surface area contributed by atoms with Crippen molar-refractivity contribution in [2.24, 2.45) is 0 Å². The number of aryl methyl sites for hydroxylation is 1. The first-order valence-corrected chi connectivity index (χ1v) is 7.96. The van der Waals surface area contributed by atoms with Gasteiger partial charge in [-0.2, -0.15) is 8.42 Å². The van der Waals surface area contributed by atoms with Crippen LogP contribution in [0, 0.1) is 6.92 Å². The van der Waals surface area contributed by atoms with Gasteiger partial charge in [-0.1, -0.05) is 39.8 Å². The van der Waals surface area contributed by atoms with Gasteiger partial charge in [0.15, 0.2) is 0 Å². The zero-order chi connectivity index (χ0) is 14.9. The van der Waals surface area contributed by atoms with Crippen LogP contribution in [0.5, 0.6) is 5.75 Å². The van der Waals surface area contributed by atoms with Gasteiger partial charge in [0.05, 0.1) is 10.5 Å². The van der Waals surface area contributed by atoms with Crippen molar-refractivity contribution in [1.82, 2.24) is 4.83 Å². The van der Waals surface area contributed by atoms with Crippen LogP contribution in [-0.2, 0) is 10.0 Å². The number of hydrazone groups is 1. The van der Waals surface area contributed by atoms with Crippen molar-refractivity contribution < 1.29 is 17.8 Å². The second kappa shape index (κ2) is 5.21. The summed E-state index contributed by atoms with van der Waals surface area (Å²) in [5, 5.41) is 0. The van der Waals surface area contributed by atoms with Crippen LogP contribution in [0.15, 0.2) is 53.4 Å². The van der Waals surface area contributed by atoms with Crippen LogP contribution in [0.2, 0.25) is 0 Å². The predicted molar refractivity (Wildman–Crippen MR) is 78.9 cm³/mol. The molecule has 1 N–H and O–H groups in total. The monoisotopic (exact) mass is 303 g/mol. The molecule has 0 atom stereocenters. The third-order valence-electron chi connectivity index (χ3n) is 3.18. The first-order valence-electron chi connectivity index (χ1n) is 6.48. The average Bonchev–Trinajstić information content (AvgIpc) is 2.48. The molecule has 0 spiro atoms. The Morgan fingerprint density at radius 1 is 1.10 bits per heavy atom. The lowest BCUT2D eigenvalue weighted by molar-refractivity contribution is -0.590. The van der Waals surface area contributed by atoms with Crippen molar-refractivity contribution in [1.29, 1.82) is 0 Å². The van der Waals surface area contributed by atoms with Gasteiger partial charge in [-0.3, -0.25) is 0 Å². The van der Waals surface area contributed by atoms with Gasteiger partial charge in [0.25, 0.3) is 0 Å². The van der Waals surface area contributed by atoms with Gasteiger partial charge >= 0.3 is 16.8 Å². The Bertz CT molecular complexity index is 799. The molecule has 1 aliphatic heterocycles. The van der Waals surface area contributed by atoms with Gasteiger partial charge in [0.2, 0.25) is 6.21 Å². The maximum atomic E-state index is 12.3. The van der Waals surface area contributed by atoms with Crippen LogP contribution in [-0.4, -0.2) is 26.0 Å². The Labute approximate surface area is 123 Å². The van der Waals surface area contributed by atoms with Gasteiger partial charge in [-0.05, 0) is 30.7 Å². The summed E-state index contributed by atoms with van der Waals surface area (Å²) >= 11 is 0. The van der Waals surface area contributed by atoms with Crippen molar-refractivity contribution in [3.63, 3.8) is 0 Å². The molecule has 1 aliphatic rings. The lowest BCUT2D eigenvalue weighted by Gasteiger charge is -2.15. The summed E-state index contributed by atoms with van der Waals surface area (Å²) in [6.07, 6.45) is 1.73. The smallest absolute Gasteiger partial charge is 0.315 e. The molecule has 0 amide bonds. The van der Waals surface area contributed by atoms with E-state index in [1.54, 1.807) is 36.5 Å². The molecule has 0 radical (unpaired) electrons. The predicted octanol–water partition coefficient (Wildman–Crippen LogP) is 1.67. The number of nitrogens with one attached hydrogen (secondary N) is 1. The van der Waals surface area contributed by atoms with E-state index in [0.29, 0.717) is 0 Å². The molecule has 6 heteroatoms. The molecule has 0 saturated heterocycles. The summed E-state index contributed by atoms with van der Waals surface area (Å²) in [5.74, 6) is 0.785. The molecule has 108 valence electrons. The fourth-order valence-corrected chi connectivity index (χ4v) is 3.21. The molecule has 1 heterocycles. The number of hydrogen-bond donors (Lipinski definition) is 1. The Balaban J connectivity index is 1.90. The summed E-state index contributed by atoms with van der Waals surface area (Å²) in [7, 11) is -3.61. The third-order valence-corrected chi connectivity index (χ3v) is 4.54. The van der Waals surface area contributed by atoms with E-state index in [1.807, 2.05) is 25.1 Å². The van der Waals surface area contributed by atoms with E-state index in [2.05, 4.69) is 4.83 Å². The fourth-order valence-electron chi connectivity index (χ4n) is 2.17. The highest BCUT2D eigenvalue weighted by atomic mass is 32.2. The van der Waals surface area contributed by atoms with Crippen LogP contribution in [0.3, 0.4) is 0 Å². The van der Waals surface area contributed by atoms with Crippen molar-refractivity contribution in [2.75, 3.05) is 6.73 Å². The zero-order valence-corrected chi connectivity index (χ0v) is 12.3. The quantitative estimate of drug-likeness (QED) is 0.878. The van der Waals surface area contributed by atoms with Crippen LogP contribution in [0.25, 0.3) is 0 Å². The van der Waals surface area contributed by atoms with Crippen molar-refractivity contribution in [3.05, 3.63) is 59.7 Å². The van der Waals surface area contributed by atoms with Gasteiger partial charge in [-0.15, -0.1) is 0 Å². The molecule has 0 aromatic heterocycles. The number of rotatable bonds is 3. The molecular weight excluding hydrogens is 288 g/mol. The molecule has 3 rings (SSSR count). The van der Waals surface area contributed by atoms with Crippen LogP contribution >= 0.6 is 0 Å². The van der Waals surface area contributed by atoms with E-state index >= 15 is 0 Å². The molecule has 0 fully saturated rings. The molecule has 0 unspecified atom stereocenters. The number of sulfonamides is 1. The number of para-hydroxylation sites is 1. The molecule has 21 heavy (non-hydrogen) atoms. The summed E-state index contributed by atoms with van der Waals surface area (Å²) < 4.78 is 31.5. The minimum Gasteiger partial charge on any atom is -0.433 e. The van der Waals surface area contributed by atoms with Crippen molar-refractivity contribution in [2.45, 2.75) is 11.8 Å². The Morgan fingerprint density at radius 3 is 2.62 bits per heavy atom. The number of fused-ring (bicyclic) bond motifs is 1. The summed E-state index contributed by atoms with van der Waals surface area (Å²) in [6.45, 7) is 2.08. The highest BCUT2D eigenvalue weighted by Gasteiger charge is 2.24. The Kier molecular flexibility index (Phi) is 3.39. The SMILES string of the molecule is Cc1cccc2c1OC[N+](NS(=O)(=O)c1ccccc1)=C2. The van der Waals surface area contributed by atoms with E-state index in [9.17, 15) is 8.42 Å². The van der Waals surface area contributed by atoms with Gasteiger partial charge < -0.3 is 4.74 Å². The molecule has 2 aromatic rings. The largest absolute Gasteiger partial charge is 0.433 e. The second-order valence-electron chi connectivity index (χ2n) is 4.77. The molecule has 5 nitrogen and oxygen atoms in total. The highest BCUT2D eigenvalue weighted by Crippen LogP contribution is 2.23. The topological polar surface area (TPSA) is 58.4 Å². The van der Waals surface area contributed by atoms with Crippen molar-refractivity contribution >= 4 is 16.2 Å². The van der Waals surface area contributed by atoms with Crippen LogP contribution < -0.4 is 9.57 Å². The van der Waals surface area contributed by atoms with Gasteiger partial charge in [0, 0.05) is 0 Å². The van der Waals surface area contributed by atoms with Gasteiger partial charge in [-0.25, -0.2) is 0 Å². The first kappa shape index (κ1) is 13.6. The molecule has 0 bridgehead atoms. The number of hydrazine groups is 1. The van der Waals surface area contributed by atoms with Crippen LogP contribution in [0.1, 0.15) is 11.1 Å². The maximum Gasteiger partial charge on any atom is 0.315 e. The summed E-state index contributed by atoms with van der Waals surface area (Å²) in [4.78, 5) is 2.71. The van der Waals surface area contributed by atoms with E-state index < -0.39 is 10.0 Å². The lowest BCUT2D eigenvalue weighted by atomic mass is 10.1. The molecule has 0 saturated carbocycles. The normalized spacial score (nSPS) is 13.9. The summed E-state index contributed by atoms with van der Waals surface area (Å²) in [5.41, 5.74) is 1.87. The second-order valence-corrected chi connectivity index (χ2v) is 6.43. The van der Waals surface area contributed by atoms with Crippen LogP contribution in [0.4, 0.5) is 0 Å². The van der Waals surface area contributed by atoms with Crippen molar-refractivity contribution in [3.8, 4) is 5.75 Å². The average molecular weight is 303 g/mol. The third kappa shape index (κ3) is 2.75. The fraction of sp³-hybridized carbons (Fsp3) is 0.133. The van der Waals surface area contributed by atoms with E-state index in [1.165, 1.54) is 4.68 Å². The molecular formula is C15H15N2O3S+. The van der Waals surface area contributed by atoms with E-state index in [0.717, 1.165) is 16.9 Å². The minimum atomic E-state index is -3.61. The maximum absolute atomic E-state index is 12.3. The van der Waals surface area contributed by atoms with E-state index in [-0.39, 0.29) is 11.6 Å². The number of benzene rings is 2. The summed E-state index contributed by atoms with van der Waals surface area (Å²) in [6, 6.07) is 14.0. The zero-order valence-electron chi connectivity index (χ0n) is 11.5. The standard InChI is InChI=1S/C15H15N2O3S/c1-12-6-5-7-13-10-17(11-20-15(12)13)16-21(18,19)14-8-3-2-4-9-14/h2-10,16H,11H2,1H3/q+1. The first-order chi connectivity index (χ1) is 10.1. The number of nitrogens with zero attached hydrogens (tertiary/aromatic N) is 1. The molecule has 2 aromatic carbocycles. The lowest BCUT2D eigenvalue weighted by Crippen LogP contribution is -2.39. The Hall–Kier alpha value is -2.34. The number of ether oxygens (including phenoxy) is 1.